The van der Waals surface area contributed by atoms with Gasteiger partial charge in [-0.2, -0.15) is 0 Å². The Morgan fingerprint density at radius 1 is 0.731 bits per heavy atom. The summed E-state index contributed by atoms with van der Waals surface area (Å²) < 4.78 is 17.1. The van der Waals surface area contributed by atoms with Crippen molar-refractivity contribution in [1.29, 1.82) is 0 Å². The second-order valence-corrected chi connectivity index (χ2v) is 5.75. The molecule has 0 saturated heterocycles. The monoisotopic (exact) mass is 349 g/mol. The van der Waals surface area contributed by atoms with Crippen LogP contribution in [0.4, 0.5) is 0 Å². The summed E-state index contributed by atoms with van der Waals surface area (Å²) in [4.78, 5) is 0. The first kappa shape index (κ1) is 17.8. The standard InChI is InChI=1S/C22H23NO3/c1-24-22-15-17(16-23)11-12-21(22)26-14-13-25-20-10-6-5-9-19(20)18-7-3-2-4-8-18/h2-12,15H,13-14,16,23H2,1H3. The van der Waals surface area contributed by atoms with Gasteiger partial charge in [0.25, 0.3) is 0 Å². The van der Waals surface area contributed by atoms with Crippen molar-refractivity contribution in [3.8, 4) is 28.4 Å². The number of nitrogens with two attached hydrogens (primary N) is 1. The molecule has 3 rings (SSSR count). The lowest BCUT2D eigenvalue weighted by Crippen LogP contribution is -2.10. The summed E-state index contributed by atoms with van der Waals surface area (Å²) in [5.41, 5.74) is 8.85. The molecule has 0 saturated carbocycles. The first-order valence-corrected chi connectivity index (χ1v) is 8.59. The normalized spacial score (nSPS) is 10.4. The minimum Gasteiger partial charge on any atom is -0.493 e. The number of hydrogen-bond acceptors (Lipinski definition) is 4. The van der Waals surface area contributed by atoms with Gasteiger partial charge in [-0.05, 0) is 29.3 Å². The predicted octanol–water partition coefficient (Wildman–Crippen LogP) is 4.28. The third-order valence-electron chi connectivity index (χ3n) is 4.03. The lowest BCUT2D eigenvalue weighted by Gasteiger charge is -2.14. The number of methoxy groups -OCH3 is 1. The van der Waals surface area contributed by atoms with E-state index in [4.69, 9.17) is 19.9 Å². The second-order valence-electron chi connectivity index (χ2n) is 5.75. The average molecular weight is 349 g/mol. The summed E-state index contributed by atoms with van der Waals surface area (Å²) in [6, 6.07) is 23.9. The van der Waals surface area contributed by atoms with Crippen LogP contribution < -0.4 is 19.9 Å². The van der Waals surface area contributed by atoms with E-state index in [1.807, 2.05) is 54.6 Å². The molecule has 0 heterocycles. The van der Waals surface area contributed by atoms with E-state index in [9.17, 15) is 0 Å². The van der Waals surface area contributed by atoms with Crippen LogP contribution in [-0.2, 0) is 6.54 Å². The van der Waals surface area contributed by atoms with E-state index in [1.54, 1.807) is 7.11 Å². The SMILES string of the molecule is COc1cc(CN)ccc1OCCOc1ccccc1-c1ccccc1. The molecule has 0 atom stereocenters. The third-order valence-corrected chi connectivity index (χ3v) is 4.03. The molecular formula is C22H23NO3. The molecule has 0 aliphatic heterocycles. The molecule has 0 fully saturated rings. The van der Waals surface area contributed by atoms with Gasteiger partial charge in [-0.25, -0.2) is 0 Å². The highest BCUT2D eigenvalue weighted by Crippen LogP contribution is 2.30. The van der Waals surface area contributed by atoms with E-state index >= 15 is 0 Å². The van der Waals surface area contributed by atoms with E-state index in [2.05, 4.69) is 18.2 Å². The van der Waals surface area contributed by atoms with Crippen LogP contribution in [0, 0.1) is 0 Å². The number of hydrogen-bond donors (Lipinski definition) is 1. The lowest BCUT2D eigenvalue weighted by molar-refractivity contribution is 0.212. The summed E-state index contributed by atoms with van der Waals surface area (Å²) in [6.45, 7) is 1.32. The van der Waals surface area contributed by atoms with E-state index in [0.29, 0.717) is 31.3 Å². The fourth-order valence-corrected chi connectivity index (χ4v) is 2.71. The quantitative estimate of drug-likeness (QED) is 0.617. The van der Waals surface area contributed by atoms with Gasteiger partial charge in [0, 0.05) is 12.1 Å². The summed E-state index contributed by atoms with van der Waals surface area (Å²) >= 11 is 0. The van der Waals surface area contributed by atoms with Crippen molar-refractivity contribution >= 4 is 0 Å². The van der Waals surface area contributed by atoms with Crippen molar-refractivity contribution in [2.75, 3.05) is 20.3 Å². The Hall–Kier alpha value is -2.98. The smallest absolute Gasteiger partial charge is 0.161 e. The number of rotatable bonds is 8. The number of benzene rings is 3. The van der Waals surface area contributed by atoms with Gasteiger partial charge in [-0.3, -0.25) is 0 Å². The number of para-hydroxylation sites is 1. The predicted molar refractivity (Wildman–Crippen MR) is 104 cm³/mol. The Bertz CT molecular complexity index is 834. The fourth-order valence-electron chi connectivity index (χ4n) is 2.71. The summed E-state index contributed by atoms with van der Waals surface area (Å²) in [5.74, 6) is 2.20. The van der Waals surface area contributed by atoms with E-state index in [1.165, 1.54) is 0 Å². The Balaban J connectivity index is 1.61. The van der Waals surface area contributed by atoms with Crippen molar-refractivity contribution in [2.45, 2.75) is 6.54 Å². The molecule has 4 nitrogen and oxygen atoms in total. The zero-order chi connectivity index (χ0) is 18.2. The van der Waals surface area contributed by atoms with Gasteiger partial charge >= 0.3 is 0 Å². The van der Waals surface area contributed by atoms with Gasteiger partial charge in [-0.15, -0.1) is 0 Å². The van der Waals surface area contributed by atoms with Crippen LogP contribution >= 0.6 is 0 Å². The fraction of sp³-hybridized carbons (Fsp3) is 0.182. The zero-order valence-corrected chi connectivity index (χ0v) is 14.9. The van der Waals surface area contributed by atoms with Crippen LogP contribution in [0.5, 0.6) is 17.2 Å². The van der Waals surface area contributed by atoms with E-state index in [0.717, 1.165) is 22.4 Å². The summed E-state index contributed by atoms with van der Waals surface area (Å²) in [7, 11) is 1.62. The molecule has 4 heteroatoms. The zero-order valence-electron chi connectivity index (χ0n) is 14.9. The van der Waals surface area contributed by atoms with E-state index in [-0.39, 0.29) is 0 Å². The summed E-state index contributed by atoms with van der Waals surface area (Å²) in [5, 5.41) is 0. The van der Waals surface area contributed by atoms with Crippen molar-refractivity contribution in [3.05, 3.63) is 78.4 Å². The molecule has 26 heavy (non-hydrogen) atoms. The number of ether oxygens (including phenoxy) is 3. The van der Waals surface area contributed by atoms with Crippen LogP contribution in [-0.4, -0.2) is 20.3 Å². The van der Waals surface area contributed by atoms with Crippen molar-refractivity contribution in [3.63, 3.8) is 0 Å². The van der Waals surface area contributed by atoms with E-state index < -0.39 is 0 Å². The molecule has 134 valence electrons. The van der Waals surface area contributed by atoms with Gasteiger partial charge < -0.3 is 19.9 Å². The maximum Gasteiger partial charge on any atom is 0.161 e. The molecule has 0 aromatic heterocycles. The third kappa shape index (κ3) is 4.35. The Morgan fingerprint density at radius 3 is 2.15 bits per heavy atom. The molecular weight excluding hydrogens is 326 g/mol. The Labute approximate surface area is 154 Å². The minimum atomic E-state index is 0.418. The highest BCUT2D eigenvalue weighted by atomic mass is 16.5. The molecule has 0 bridgehead atoms. The van der Waals surface area contributed by atoms with Crippen LogP contribution in [0.25, 0.3) is 11.1 Å². The molecule has 0 aliphatic rings. The topological polar surface area (TPSA) is 53.7 Å². The first-order chi connectivity index (χ1) is 12.8. The molecule has 3 aromatic carbocycles. The van der Waals surface area contributed by atoms with Gasteiger partial charge in [0.1, 0.15) is 19.0 Å². The van der Waals surface area contributed by atoms with Gasteiger partial charge in [0.2, 0.25) is 0 Å². The largest absolute Gasteiger partial charge is 0.493 e. The Kier molecular flexibility index (Phi) is 6.12. The van der Waals surface area contributed by atoms with Crippen molar-refractivity contribution < 1.29 is 14.2 Å². The van der Waals surface area contributed by atoms with Crippen LogP contribution in [0.3, 0.4) is 0 Å². The molecule has 0 amide bonds. The average Bonchev–Trinajstić information content (AvgIpc) is 2.72. The van der Waals surface area contributed by atoms with Crippen LogP contribution in [0.1, 0.15) is 5.56 Å². The first-order valence-electron chi connectivity index (χ1n) is 8.59. The molecule has 0 radical (unpaired) electrons. The van der Waals surface area contributed by atoms with Crippen molar-refractivity contribution in [2.24, 2.45) is 5.73 Å². The maximum absolute atomic E-state index is 5.95. The molecule has 3 aromatic rings. The van der Waals surface area contributed by atoms with Crippen molar-refractivity contribution in [1.82, 2.24) is 0 Å². The molecule has 0 aliphatic carbocycles. The lowest BCUT2D eigenvalue weighted by atomic mass is 10.1. The maximum atomic E-state index is 5.95. The van der Waals surface area contributed by atoms with Crippen LogP contribution in [0.2, 0.25) is 0 Å². The second kappa shape index (κ2) is 8.92. The molecule has 0 unspecified atom stereocenters. The Morgan fingerprint density at radius 2 is 1.42 bits per heavy atom. The molecule has 2 N–H and O–H groups in total. The van der Waals surface area contributed by atoms with Gasteiger partial charge in [0.05, 0.1) is 7.11 Å². The highest BCUT2D eigenvalue weighted by molar-refractivity contribution is 5.70. The minimum absolute atomic E-state index is 0.418. The highest BCUT2D eigenvalue weighted by Gasteiger charge is 2.07. The molecule has 0 spiro atoms. The van der Waals surface area contributed by atoms with Gasteiger partial charge in [-0.1, -0.05) is 54.6 Å². The van der Waals surface area contributed by atoms with Gasteiger partial charge in [0.15, 0.2) is 11.5 Å². The summed E-state index contributed by atoms with van der Waals surface area (Å²) in [6.07, 6.45) is 0. The van der Waals surface area contributed by atoms with Crippen LogP contribution in [0.15, 0.2) is 72.8 Å².